The molecule has 0 saturated heterocycles. The standard InChI is InChI=1S/C12H10N2OS/c13-11(15)10-6-8-5-7-3-1-2-4-9(7)14-12(8)16-10/h1-5,10H,6H2,(H2,13,15). The van der Waals surface area contributed by atoms with Crippen LogP contribution in [-0.2, 0) is 11.2 Å². The van der Waals surface area contributed by atoms with E-state index in [1.54, 1.807) is 0 Å². The Morgan fingerprint density at radius 1 is 1.44 bits per heavy atom. The van der Waals surface area contributed by atoms with Crippen LogP contribution in [0, 0.1) is 0 Å². The van der Waals surface area contributed by atoms with Gasteiger partial charge in [0, 0.05) is 5.39 Å². The molecule has 2 heterocycles. The Morgan fingerprint density at radius 2 is 2.25 bits per heavy atom. The number of nitrogens with zero attached hydrogens (tertiary/aromatic N) is 1. The van der Waals surface area contributed by atoms with Gasteiger partial charge in [-0.2, -0.15) is 0 Å². The topological polar surface area (TPSA) is 56.0 Å². The normalized spacial score (nSPS) is 18.6. The molecule has 1 aliphatic rings. The van der Waals surface area contributed by atoms with E-state index in [9.17, 15) is 4.79 Å². The molecule has 1 aromatic heterocycles. The largest absolute Gasteiger partial charge is 0.369 e. The van der Waals surface area contributed by atoms with E-state index in [0.717, 1.165) is 21.5 Å². The zero-order valence-corrected chi connectivity index (χ0v) is 9.33. The molecule has 2 N–H and O–H groups in total. The second-order valence-corrected chi connectivity index (χ2v) is 5.05. The summed E-state index contributed by atoms with van der Waals surface area (Å²) in [6.45, 7) is 0. The molecule has 1 amide bonds. The number of pyridine rings is 1. The Bertz CT molecular complexity index is 538. The summed E-state index contributed by atoms with van der Waals surface area (Å²) < 4.78 is 0. The van der Waals surface area contributed by atoms with Gasteiger partial charge >= 0.3 is 0 Å². The van der Waals surface area contributed by atoms with Crippen LogP contribution in [0.25, 0.3) is 10.9 Å². The monoisotopic (exact) mass is 230 g/mol. The van der Waals surface area contributed by atoms with Gasteiger partial charge in [0.25, 0.3) is 0 Å². The van der Waals surface area contributed by atoms with Crippen molar-refractivity contribution in [1.82, 2.24) is 4.98 Å². The lowest BCUT2D eigenvalue weighted by atomic mass is 10.1. The van der Waals surface area contributed by atoms with Gasteiger partial charge in [-0.05, 0) is 24.1 Å². The zero-order chi connectivity index (χ0) is 11.1. The van der Waals surface area contributed by atoms with E-state index in [1.165, 1.54) is 11.8 Å². The van der Waals surface area contributed by atoms with Crippen molar-refractivity contribution in [3.8, 4) is 0 Å². The van der Waals surface area contributed by atoms with Gasteiger partial charge in [-0.15, -0.1) is 0 Å². The van der Waals surface area contributed by atoms with Crippen LogP contribution in [0.1, 0.15) is 5.56 Å². The lowest BCUT2D eigenvalue weighted by Crippen LogP contribution is -2.24. The number of hydrogen-bond acceptors (Lipinski definition) is 3. The molecule has 1 aromatic carbocycles. The van der Waals surface area contributed by atoms with Crippen molar-refractivity contribution >= 4 is 28.6 Å². The molecule has 0 fully saturated rings. The average Bonchev–Trinajstić information content (AvgIpc) is 2.68. The van der Waals surface area contributed by atoms with E-state index in [1.807, 2.05) is 24.3 Å². The van der Waals surface area contributed by atoms with E-state index >= 15 is 0 Å². The van der Waals surface area contributed by atoms with E-state index in [-0.39, 0.29) is 11.2 Å². The fraction of sp³-hybridized carbons (Fsp3) is 0.167. The molecule has 0 aliphatic carbocycles. The Labute approximate surface area is 97.0 Å². The number of nitrogens with two attached hydrogens (primary N) is 1. The summed E-state index contributed by atoms with van der Waals surface area (Å²) in [6.07, 6.45) is 0.702. The number of carbonyl (C=O) groups is 1. The molecule has 80 valence electrons. The molecule has 2 aromatic rings. The first-order valence-corrected chi connectivity index (χ1v) is 5.96. The van der Waals surface area contributed by atoms with Gasteiger partial charge in [-0.25, -0.2) is 4.98 Å². The number of amides is 1. The first-order valence-electron chi connectivity index (χ1n) is 5.09. The molecule has 3 rings (SSSR count). The van der Waals surface area contributed by atoms with Crippen molar-refractivity contribution < 1.29 is 4.79 Å². The summed E-state index contributed by atoms with van der Waals surface area (Å²) in [6, 6.07) is 10.1. The number of benzene rings is 1. The summed E-state index contributed by atoms with van der Waals surface area (Å²) in [5, 5.41) is 1.91. The van der Waals surface area contributed by atoms with Gasteiger partial charge in [-0.1, -0.05) is 30.0 Å². The van der Waals surface area contributed by atoms with Crippen molar-refractivity contribution in [2.24, 2.45) is 5.73 Å². The number of rotatable bonds is 1. The van der Waals surface area contributed by atoms with Gasteiger partial charge in [0.1, 0.15) is 5.03 Å². The highest BCUT2D eigenvalue weighted by Gasteiger charge is 2.27. The molecule has 1 unspecified atom stereocenters. The highest BCUT2D eigenvalue weighted by Crippen LogP contribution is 2.36. The van der Waals surface area contributed by atoms with Crippen LogP contribution < -0.4 is 5.73 Å². The SMILES string of the molecule is NC(=O)C1Cc2cc3ccccc3nc2S1. The first-order chi connectivity index (χ1) is 7.74. The summed E-state index contributed by atoms with van der Waals surface area (Å²) in [4.78, 5) is 15.7. The molecular formula is C12H10N2OS. The summed E-state index contributed by atoms with van der Waals surface area (Å²) in [7, 11) is 0. The fourth-order valence-corrected chi connectivity index (χ4v) is 3.02. The lowest BCUT2D eigenvalue weighted by Gasteiger charge is -2.00. The van der Waals surface area contributed by atoms with Crippen LogP contribution in [0.3, 0.4) is 0 Å². The highest BCUT2D eigenvalue weighted by molar-refractivity contribution is 8.00. The number of hydrogen-bond donors (Lipinski definition) is 1. The number of primary amides is 1. The third-order valence-electron chi connectivity index (χ3n) is 2.74. The van der Waals surface area contributed by atoms with Crippen LogP contribution in [0.2, 0.25) is 0 Å². The predicted molar refractivity (Wildman–Crippen MR) is 64.3 cm³/mol. The van der Waals surface area contributed by atoms with Gasteiger partial charge in [-0.3, -0.25) is 4.79 Å². The minimum atomic E-state index is -0.257. The molecule has 1 atom stereocenters. The average molecular weight is 230 g/mol. The summed E-state index contributed by atoms with van der Waals surface area (Å²) in [5.41, 5.74) is 7.42. The minimum absolute atomic E-state index is 0.153. The second kappa shape index (κ2) is 3.49. The number of carbonyl (C=O) groups excluding carboxylic acids is 1. The van der Waals surface area contributed by atoms with Gasteiger partial charge < -0.3 is 5.73 Å². The van der Waals surface area contributed by atoms with Crippen LogP contribution in [0.5, 0.6) is 0 Å². The van der Waals surface area contributed by atoms with E-state index in [4.69, 9.17) is 5.73 Å². The molecular weight excluding hydrogens is 220 g/mol. The summed E-state index contributed by atoms with van der Waals surface area (Å²) in [5.74, 6) is -0.257. The van der Waals surface area contributed by atoms with Crippen LogP contribution in [0.4, 0.5) is 0 Å². The Morgan fingerprint density at radius 3 is 3.06 bits per heavy atom. The molecule has 0 saturated carbocycles. The molecule has 16 heavy (non-hydrogen) atoms. The lowest BCUT2D eigenvalue weighted by molar-refractivity contribution is -0.117. The van der Waals surface area contributed by atoms with Gasteiger partial charge in [0.05, 0.1) is 10.8 Å². The number of fused-ring (bicyclic) bond motifs is 2. The Hall–Kier alpha value is -1.55. The fourth-order valence-electron chi connectivity index (χ4n) is 1.93. The van der Waals surface area contributed by atoms with Gasteiger partial charge in [0.15, 0.2) is 0 Å². The maximum atomic E-state index is 11.1. The minimum Gasteiger partial charge on any atom is -0.369 e. The molecule has 0 bridgehead atoms. The molecule has 1 aliphatic heterocycles. The van der Waals surface area contributed by atoms with Crippen LogP contribution in [-0.4, -0.2) is 16.1 Å². The highest BCUT2D eigenvalue weighted by atomic mass is 32.2. The van der Waals surface area contributed by atoms with Crippen molar-refractivity contribution in [2.45, 2.75) is 16.7 Å². The predicted octanol–water partition coefficient (Wildman–Crippen LogP) is 1.74. The van der Waals surface area contributed by atoms with E-state index in [0.29, 0.717) is 6.42 Å². The van der Waals surface area contributed by atoms with E-state index < -0.39 is 0 Å². The van der Waals surface area contributed by atoms with Crippen molar-refractivity contribution in [3.05, 3.63) is 35.9 Å². The molecule has 0 radical (unpaired) electrons. The maximum Gasteiger partial charge on any atom is 0.231 e. The third kappa shape index (κ3) is 1.46. The second-order valence-electron chi connectivity index (χ2n) is 3.86. The first kappa shape index (κ1) is 9.66. The Balaban J connectivity index is 2.11. The third-order valence-corrected chi connectivity index (χ3v) is 4.00. The van der Waals surface area contributed by atoms with Crippen molar-refractivity contribution in [1.29, 1.82) is 0 Å². The maximum absolute atomic E-state index is 11.1. The quantitative estimate of drug-likeness (QED) is 0.811. The van der Waals surface area contributed by atoms with Crippen LogP contribution in [0.15, 0.2) is 35.4 Å². The molecule has 4 heteroatoms. The Kier molecular flexibility index (Phi) is 2.11. The van der Waals surface area contributed by atoms with Crippen molar-refractivity contribution in [3.63, 3.8) is 0 Å². The van der Waals surface area contributed by atoms with E-state index in [2.05, 4.69) is 11.1 Å². The number of para-hydroxylation sites is 1. The van der Waals surface area contributed by atoms with Crippen molar-refractivity contribution in [2.75, 3.05) is 0 Å². The number of thioether (sulfide) groups is 1. The van der Waals surface area contributed by atoms with Gasteiger partial charge in [0.2, 0.25) is 5.91 Å². The summed E-state index contributed by atoms with van der Waals surface area (Å²) >= 11 is 1.47. The zero-order valence-electron chi connectivity index (χ0n) is 8.51. The smallest absolute Gasteiger partial charge is 0.231 e. The molecule has 3 nitrogen and oxygen atoms in total. The van der Waals surface area contributed by atoms with Crippen LogP contribution >= 0.6 is 11.8 Å². The molecule has 0 spiro atoms. The number of aromatic nitrogens is 1.